The SMILES string of the molecule is CNc1nnc(SCC(=O)NC(N)=O)s1. The van der Waals surface area contributed by atoms with E-state index in [0.717, 1.165) is 0 Å². The lowest BCUT2D eigenvalue weighted by molar-refractivity contribution is -0.117. The van der Waals surface area contributed by atoms with E-state index in [1.807, 2.05) is 5.32 Å². The number of hydrogen-bond donors (Lipinski definition) is 3. The van der Waals surface area contributed by atoms with Gasteiger partial charge in [-0.3, -0.25) is 10.1 Å². The fraction of sp³-hybridized carbons (Fsp3) is 0.333. The molecule has 0 aliphatic rings. The van der Waals surface area contributed by atoms with Gasteiger partial charge in [0.1, 0.15) is 0 Å². The van der Waals surface area contributed by atoms with Crippen molar-refractivity contribution in [3.8, 4) is 0 Å². The third-order valence-electron chi connectivity index (χ3n) is 1.21. The summed E-state index contributed by atoms with van der Waals surface area (Å²) in [6, 6.07) is -0.853. The number of thioether (sulfide) groups is 1. The topological polar surface area (TPSA) is 110 Å². The van der Waals surface area contributed by atoms with Crippen molar-refractivity contribution in [3.63, 3.8) is 0 Å². The molecular formula is C6H9N5O2S2. The van der Waals surface area contributed by atoms with Crippen LogP contribution in [0.5, 0.6) is 0 Å². The largest absolute Gasteiger partial charge is 0.363 e. The van der Waals surface area contributed by atoms with Gasteiger partial charge < -0.3 is 11.1 Å². The maximum absolute atomic E-state index is 11.0. The van der Waals surface area contributed by atoms with Gasteiger partial charge in [0.05, 0.1) is 5.75 Å². The number of nitrogens with one attached hydrogen (secondary N) is 2. The second kappa shape index (κ2) is 5.51. The molecule has 0 bridgehead atoms. The molecule has 15 heavy (non-hydrogen) atoms. The van der Waals surface area contributed by atoms with Crippen LogP contribution in [0.25, 0.3) is 0 Å². The number of nitrogens with zero attached hydrogens (tertiary/aromatic N) is 2. The van der Waals surface area contributed by atoms with Gasteiger partial charge in [-0.25, -0.2) is 4.79 Å². The third-order valence-corrected chi connectivity index (χ3v) is 3.28. The summed E-state index contributed by atoms with van der Waals surface area (Å²) in [6.07, 6.45) is 0. The molecule has 82 valence electrons. The number of anilines is 1. The molecule has 0 radical (unpaired) electrons. The van der Waals surface area contributed by atoms with Gasteiger partial charge in [-0.15, -0.1) is 10.2 Å². The first-order valence-corrected chi connectivity index (χ1v) is 5.65. The molecule has 1 aromatic rings. The van der Waals surface area contributed by atoms with Gasteiger partial charge in [0.2, 0.25) is 11.0 Å². The number of urea groups is 1. The zero-order valence-corrected chi connectivity index (χ0v) is 9.44. The van der Waals surface area contributed by atoms with Crippen molar-refractivity contribution >= 4 is 40.2 Å². The molecule has 0 fully saturated rings. The molecular weight excluding hydrogens is 238 g/mol. The van der Waals surface area contributed by atoms with E-state index in [1.165, 1.54) is 23.1 Å². The lowest BCUT2D eigenvalue weighted by Crippen LogP contribution is -2.36. The number of carbonyl (C=O) groups is 2. The summed E-state index contributed by atoms with van der Waals surface area (Å²) >= 11 is 2.52. The van der Waals surface area contributed by atoms with Gasteiger partial charge in [0.15, 0.2) is 4.34 Å². The van der Waals surface area contributed by atoms with Gasteiger partial charge in [-0.2, -0.15) is 0 Å². The summed E-state index contributed by atoms with van der Waals surface area (Å²) in [7, 11) is 1.73. The third kappa shape index (κ3) is 4.13. The zero-order chi connectivity index (χ0) is 11.3. The van der Waals surface area contributed by atoms with Crippen LogP contribution in [0.3, 0.4) is 0 Å². The Labute approximate surface area is 93.8 Å². The smallest absolute Gasteiger partial charge is 0.318 e. The Bertz CT molecular complexity index is 366. The Morgan fingerprint density at radius 3 is 2.80 bits per heavy atom. The predicted octanol–water partition coefficient (Wildman–Crippen LogP) is -0.133. The van der Waals surface area contributed by atoms with E-state index in [1.54, 1.807) is 7.05 Å². The molecule has 0 saturated heterocycles. The highest BCUT2D eigenvalue weighted by Crippen LogP contribution is 2.24. The first kappa shape index (κ1) is 11.7. The van der Waals surface area contributed by atoms with Crippen LogP contribution >= 0.6 is 23.1 Å². The minimum Gasteiger partial charge on any atom is -0.363 e. The quantitative estimate of drug-likeness (QED) is 0.639. The molecule has 0 aromatic carbocycles. The second-order valence-electron chi connectivity index (χ2n) is 2.32. The van der Waals surface area contributed by atoms with Crippen LogP contribution in [0.2, 0.25) is 0 Å². The van der Waals surface area contributed by atoms with Crippen molar-refractivity contribution in [2.24, 2.45) is 5.73 Å². The summed E-state index contributed by atoms with van der Waals surface area (Å²) in [6.45, 7) is 0. The van der Waals surface area contributed by atoms with Crippen molar-refractivity contribution in [2.75, 3.05) is 18.1 Å². The van der Waals surface area contributed by atoms with Crippen molar-refractivity contribution in [3.05, 3.63) is 0 Å². The van der Waals surface area contributed by atoms with Gasteiger partial charge in [0, 0.05) is 7.05 Å². The number of primary amides is 1. The number of imide groups is 1. The van der Waals surface area contributed by atoms with Crippen LogP contribution in [0.15, 0.2) is 4.34 Å². The molecule has 1 aromatic heterocycles. The van der Waals surface area contributed by atoms with E-state index in [2.05, 4.69) is 15.5 Å². The molecule has 0 aliphatic carbocycles. The molecule has 0 aliphatic heterocycles. The molecule has 3 amide bonds. The van der Waals surface area contributed by atoms with Crippen LogP contribution in [0, 0.1) is 0 Å². The average molecular weight is 247 g/mol. The number of hydrogen-bond acceptors (Lipinski definition) is 7. The standard InChI is InChI=1S/C6H9N5O2S2/c1-8-5-10-11-6(15-5)14-2-3(12)9-4(7)13/h2H2,1H3,(H,8,10)(H3,7,9,12,13). The van der Waals surface area contributed by atoms with Crippen molar-refractivity contribution in [1.29, 1.82) is 0 Å². The van der Waals surface area contributed by atoms with Crippen molar-refractivity contribution < 1.29 is 9.59 Å². The maximum atomic E-state index is 11.0. The van der Waals surface area contributed by atoms with E-state index in [0.29, 0.717) is 9.47 Å². The molecule has 0 spiro atoms. The van der Waals surface area contributed by atoms with Crippen LogP contribution in [-0.4, -0.2) is 34.9 Å². The second-order valence-corrected chi connectivity index (χ2v) is 4.52. The minimum atomic E-state index is -0.853. The molecule has 0 saturated carbocycles. The highest BCUT2D eigenvalue weighted by atomic mass is 32.2. The number of rotatable bonds is 4. The average Bonchev–Trinajstić information content (AvgIpc) is 2.61. The van der Waals surface area contributed by atoms with E-state index in [-0.39, 0.29) is 5.75 Å². The highest BCUT2D eigenvalue weighted by molar-refractivity contribution is 8.01. The van der Waals surface area contributed by atoms with E-state index < -0.39 is 11.9 Å². The molecule has 7 nitrogen and oxygen atoms in total. The minimum absolute atomic E-state index is 0.0846. The van der Waals surface area contributed by atoms with E-state index in [9.17, 15) is 9.59 Å². The van der Waals surface area contributed by atoms with Crippen LogP contribution in [0.1, 0.15) is 0 Å². The Kier molecular flexibility index (Phi) is 4.31. The van der Waals surface area contributed by atoms with Crippen LogP contribution in [0.4, 0.5) is 9.93 Å². The van der Waals surface area contributed by atoms with Gasteiger partial charge in [-0.1, -0.05) is 23.1 Å². The zero-order valence-electron chi connectivity index (χ0n) is 7.81. The van der Waals surface area contributed by atoms with Gasteiger partial charge in [0.25, 0.3) is 0 Å². The fourth-order valence-corrected chi connectivity index (χ4v) is 2.18. The monoisotopic (exact) mass is 247 g/mol. The number of amides is 3. The Morgan fingerprint density at radius 1 is 1.53 bits per heavy atom. The van der Waals surface area contributed by atoms with E-state index in [4.69, 9.17) is 5.73 Å². The number of carbonyl (C=O) groups excluding carboxylic acids is 2. The normalized spacial score (nSPS) is 9.67. The Hall–Kier alpha value is -1.35. The number of nitrogens with two attached hydrogens (primary N) is 1. The van der Waals surface area contributed by atoms with Gasteiger partial charge >= 0.3 is 6.03 Å². The molecule has 0 unspecified atom stereocenters. The first-order chi connectivity index (χ1) is 7.11. The summed E-state index contributed by atoms with van der Waals surface area (Å²) in [5.74, 6) is -0.366. The summed E-state index contributed by atoms with van der Waals surface area (Å²) in [5, 5.41) is 13.0. The molecule has 4 N–H and O–H groups in total. The predicted molar refractivity (Wildman–Crippen MR) is 57.9 cm³/mol. The summed E-state index contributed by atoms with van der Waals surface area (Å²) in [5.41, 5.74) is 4.77. The van der Waals surface area contributed by atoms with Crippen molar-refractivity contribution in [2.45, 2.75) is 4.34 Å². The highest BCUT2D eigenvalue weighted by Gasteiger charge is 2.08. The first-order valence-electron chi connectivity index (χ1n) is 3.85. The lowest BCUT2D eigenvalue weighted by atomic mass is 10.7. The summed E-state index contributed by atoms with van der Waals surface area (Å²) in [4.78, 5) is 21.3. The molecule has 1 heterocycles. The fourth-order valence-electron chi connectivity index (χ4n) is 0.670. The summed E-state index contributed by atoms with van der Waals surface area (Å²) < 4.78 is 0.652. The van der Waals surface area contributed by atoms with Crippen LogP contribution < -0.4 is 16.4 Å². The van der Waals surface area contributed by atoms with E-state index >= 15 is 0 Å². The maximum Gasteiger partial charge on any atom is 0.318 e. The van der Waals surface area contributed by atoms with Crippen molar-refractivity contribution in [1.82, 2.24) is 15.5 Å². The molecule has 9 heteroatoms. The van der Waals surface area contributed by atoms with Gasteiger partial charge in [-0.05, 0) is 0 Å². The lowest BCUT2D eigenvalue weighted by Gasteiger charge is -1.97. The number of aromatic nitrogens is 2. The molecule has 0 atom stereocenters. The molecule has 1 rings (SSSR count). The van der Waals surface area contributed by atoms with Crippen LogP contribution in [-0.2, 0) is 4.79 Å². The Balaban J connectivity index is 2.36. The Morgan fingerprint density at radius 2 is 2.27 bits per heavy atom.